The molecular weight excluding hydrogens is 477 g/mol. The molecule has 2 N–H and O–H groups in total. The maximum Gasteiger partial charge on any atom is 0.246 e. The van der Waals surface area contributed by atoms with Crippen LogP contribution in [-0.2, 0) is 19.1 Å². The van der Waals surface area contributed by atoms with Crippen molar-refractivity contribution in [2.45, 2.75) is 69.2 Å². The van der Waals surface area contributed by atoms with E-state index in [1.54, 1.807) is 23.1 Å². The van der Waals surface area contributed by atoms with Gasteiger partial charge < -0.3 is 20.3 Å². The Morgan fingerprint density at radius 2 is 1.82 bits per heavy atom. The minimum absolute atomic E-state index is 0.115. The van der Waals surface area contributed by atoms with E-state index in [4.69, 9.17) is 27.9 Å². The number of rotatable bonds is 6. The predicted molar refractivity (Wildman–Crippen MR) is 130 cm³/mol. The molecule has 0 unspecified atom stereocenters. The number of anilines is 1. The van der Waals surface area contributed by atoms with Gasteiger partial charge >= 0.3 is 0 Å². The Bertz CT molecular complexity index is 1020. The van der Waals surface area contributed by atoms with Crippen LogP contribution in [0.3, 0.4) is 0 Å². The number of likely N-dealkylation sites (tertiary alicyclic amines) is 1. The van der Waals surface area contributed by atoms with E-state index in [0.29, 0.717) is 28.7 Å². The molecule has 9 heteroatoms. The van der Waals surface area contributed by atoms with E-state index in [2.05, 4.69) is 10.6 Å². The minimum atomic E-state index is -1.14. The van der Waals surface area contributed by atoms with Gasteiger partial charge in [-0.2, -0.15) is 0 Å². The summed E-state index contributed by atoms with van der Waals surface area (Å²) in [5.41, 5.74) is -0.685. The first kappa shape index (κ1) is 23.6. The van der Waals surface area contributed by atoms with Crippen molar-refractivity contribution in [1.29, 1.82) is 0 Å². The molecule has 182 valence electrons. The van der Waals surface area contributed by atoms with E-state index >= 15 is 0 Å². The summed E-state index contributed by atoms with van der Waals surface area (Å²) < 4.78 is 6.33. The highest BCUT2D eigenvalue weighted by atomic mass is 35.5. The number of fused-ring (bicyclic) bond motifs is 1. The molecule has 2 saturated heterocycles. The van der Waals surface area contributed by atoms with Crippen molar-refractivity contribution in [2.75, 3.05) is 11.9 Å². The summed E-state index contributed by atoms with van der Waals surface area (Å²) in [5.74, 6) is -2.25. The van der Waals surface area contributed by atoms with Crippen LogP contribution in [0.4, 0.5) is 5.69 Å². The van der Waals surface area contributed by atoms with Gasteiger partial charge in [-0.15, -0.1) is 0 Å². The number of hydrogen-bond donors (Lipinski definition) is 2. The van der Waals surface area contributed by atoms with Crippen LogP contribution in [-0.4, -0.2) is 53.0 Å². The molecule has 34 heavy (non-hydrogen) atoms. The Labute approximate surface area is 209 Å². The van der Waals surface area contributed by atoms with E-state index in [1.807, 2.05) is 19.1 Å². The number of halogens is 2. The minimum Gasteiger partial charge on any atom is -0.359 e. The molecule has 1 saturated carbocycles. The number of hydrogen-bond acceptors (Lipinski definition) is 4. The number of benzene rings is 1. The number of carbonyl (C=O) groups is 3. The van der Waals surface area contributed by atoms with Gasteiger partial charge in [-0.25, -0.2) is 0 Å². The van der Waals surface area contributed by atoms with E-state index in [0.717, 1.165) is 25.7 Å². The van der Waals surface area contributed by atoms with Crippen molar-refractivity contribution in [2.24, 2.45) is 11.8 Å². The van der Waals surface area contributed by atoms with Crippen molar-refractivity contribution in [1.82, 2.24) is 10.2 Å². The summed E-state index contributed by atoms with van der Waals surface area (Å²) in [6.45, 7) is 2.40. The van der Waals surface area contributed by atoms with Crippen LogP contribution in [0.2, 0.25) is 10.0 Å². The highest BCUT2D eigenvalue weighted by molar-refractivity contribution is 6.35. The highest BCUT2D eigenvalue weighted by Gasteiger charge is 2.72. The van der Waals surface area contributed by atoms with E-state index in [9.17, 15) is 14.4 Å². The molecule has 5 atom stereocenters. The predicted octanol–water partition coefficient (Wildman–Crippen LogP) is 3.94. The van der Waals surface area contributed by atoms with Crippen molar-refractivity contribution < 1.29 is 19.1 Å². The molecule has 1 aromatic carbocycles. The number of nitrogens with zero attached hydrogens (tertiary/aromatic N) is 1. The summed E-state index contributed by atoms with van der Waals surface area (Å²) in [4.78, 5) is 42.2. The van der Waals surface area contributed by atoms with Gasteiger partial charge in [0.2, 0.25) is 17.7 Å². The standard InChI is InChI=1S/C25H29Cl2N3O4/c1-2-10-30-21(23(32)28-16-6-4-3-5-7-16)25-9-8-18(34-25)19(20(25)24(30)33)22(31)29-17-12-14(26)11-15(27)13-17/h8-9,11-13,16,18-21H,2-7,10H2,1H3,(H,28,32)(H,29,31)/t18-,19+,20-,21-,25-/m0/s1. The fourth-order valence-electron chi connectivity index (χ4n) is 6.13. The first-order valence-corrected chi connectivity index (χ1v) is 12.8. The first-order valence-electron chi connectivity index (χ1n) is 12.1. The molecule has 0 radical (unpaired) electrons. The van der Waals surface area contributed by atoms with Gasteiger partial charge in [0.1, 0.15) is 11.6 Å². The molecule has 1 aromatic rings. The molecule has 7 nitrogen and oxygen atoms in total. The van der Waals surface area contributed by atoms with E-state index in [1.165, 1.54) is 6.42 Å². The van der Waals surface area contributed by atoms with Crippen LogP contribution in [0.5, 0.6) is 0 Å². The maximum atomic E-state index is 13.7. The van der Waals surface area contributed by atoms with Gasteiger partial charge in [0, 0.05) is 28.3 Å². The number of ether oxygens (including phenoxy) is 1. The zero-order valence-corrected chi connectivity index (χ0v) is 20.6. The van der Waals surface area contributed by atoms with Crippen molar-refractivity contribution >= 4 is 46.6 Å². The lowest BCUT2D eigenvalue weighted by atomic mass is 9.74. The Morgan fingerprint density at radius 1 is 1.12 bits per heavy atom. The molecule has 4 aliphatic rings. The van der Waals surface area contributed by atoms with E-state index in [-0.39, 0.29) is 23.8 Å². The summed E-state index contributed by atoms with van der Waals surface area (Å²) in [5, 5.41) is 6.82. The third-order valence-corrected chi connectivity index (χ3v) is 7.91. The third-order valence-electron chi connectivity index (χ3n) is 7.47. The van der Waals surface area contributed by atoms with Crippen LogP contribution in [0, 0.1) is 11.8 Å². The maximum absolute atomic E-state index is 13.7. The lowest BCUT2D eigenvalue weighted by Gasteiger charge is -2.34. The molecule has 3 fully saturated rings. The van der Waals surface area contributed by atoms with Gasteiger partial charge in [0.05, 0.1) is 17.9 Å². The Kier molecular flexibility index (Phi) is 6.38. The zero-order chi connectivity index (χ0) is 24.0. The summed E-state index contributed by atoms with van der Waals surface area (Å²) in [6.07, 6.45) is 9.04. The molecular formula is C25H29Cl2N3O4. The van der Waals surface area contributed by atoms with Gasteiger partial charge in [0.15, 0.2) is 0 Å². The Hall–Kier alpha value is -2.09. The van der Waals surface area contributed by atoms with Gasteiger partial charge in [-0.1, -0.05) is 61.5 Å². The van der Waals surface area contributed by atoms with Crippen LogP contribution >= 0.6 is 23.2 Å². The summed E-state index contributed by atoms with van der Waals surface area (Å²) in [6, 6.07) is 4.11. The Balaban J connectivity index is 1.42. The molecule has 3 amide bonds. The van der Waals surface area contributed by atoms with Crippen LogP contribution in [0.15, 0.2) is 30.4 Å². The highest BCUT2D eigenvalue weighted by Crippen LogP contribution is 2.55. The van der Waals surface area contributed by atoms with Crippen molar-refractivity contribution in [3.63, 3.8) is 0 Å². The summed E-state index contributed by atoms with van der Waals surface area (Å²) >= 11 is 12.2. The topological polar surface area (TPSA) is 87.7 Å². The number of amides is 3. The van der Waals surface area contributed by atoms with Gasteiger partial charge in [-0.05, 0) is 37.5 Å². The monoisotopic (exact) mass is 505 g/mol. The normalized spacial score (nSPS) is 32.2. The lowest BCUT2D eigenvalue weighted by molar-refractivity contribution is -0.141. The van der Waals surface area contributed by atoms with E-state index < -0.39 is 29.6 Å². The molecule has 1 spiro atoms. The Morgan fingerprint density at radius 3 is 2.50 bits per heavy atom. The average Bonchev–Trinajstić information content (AvgIpc) is 3.42. The second-order valence-electron chi connectivity index (χ2n) is 9.72. The zero-order valence-electron chi connectivity index (χ0n) is 19.1. The first-order chi connectivity index (χ1) is 16.3. The largest absolute Gasteiger partial charge is 0.359 e. The molecule has 3 heterocycles. The molecule has 5 rings (SSSR count). The lowest BCUT2D eigenvalue weighted by Crippen LogP contribution is -2.56. The second-order valence-corrected chi connectivity index (χ2v) is 10.6. The quantitative estimate of drug-likeness (QED) is 0.573. The number of nitrogens with one attached hydrogen (secondary N) is 2. The van der Waals surface area contributed by atoms with Gasteiger partial charge in [0.25, 0.3) is 0 Å². The molecule has 1 aliphatic carbocycles. The SMILES string of the molecule is CCCN1C(=O)[C@@H]2[C@H](C(=O)Nc3cc(Cl)cc(Cl)c3)[C@@H]3C=C[C@@]2(O3)[C@@H]1C(=O)NC1CCCCC1. The molecule has 3 aliphatic heterocycles. The average molecular weight is 506 g/mol. The third kappa shape index (κ3) is 3.91. The fourth-order valence-corrected chi connectivity index (χ4v) is 6.65. The second kappa shape index (κ2) is 9.17. The van der Waals surface area contributed by atoms with Crippen molar-refractivity contribution in [3.8, 4) is 0 Å². The van der Waals surface area contributed by atoms with Crippen LogP contribution in [0.25, 0.3) is 0 Å². The molecule has 0 aromatic heterocycles. The van der Waals surface area contributed by atoms with Crippen LogP contribution < -0.4 is 10.6 Å². The van der Waals surface area contributed by atoms with Gasteiger partial charge in [-0.3, -0.25) is 14.4 Å². The smallest absolute Gasteiger partial charge is 0.246 e. The van der Waals surface area contributed by atoms with Crippen molar-refractivity contribution in [3.05, 3.63) is 40.4 Å². The number of carbonyl (C=O) groups excluding carboxylic acids is 3. The summed E-state index contributed by atoms with van der Waals surface area (Å²) in [7, 11) is 0. The molecule has 2 bridgehead atoms. The van der Waals surface area contributed by atoms with Crippen LogP contribution in [0.1, 0.15) is 45.4 Å². The fraction of sp³-hybridized carbons (Fsp3) is 0.560.